The summed E-state index contributed by atoms with van der Waals surface area (Å²) < 4.78 is 18.5. The van der Waals surface area contributed by atoms with Crippen molar-refractivity contribution in [2.75, 3.05) is 19.6 Å². The first-order valence-electron chi connectivity index (χ1n) is 9.52. The highest BCUT2D eigenvalue weighted by molar-refractivity contribution is 7.13. The van der Waals surface area contributed by atoms with Crippen LogP contribution in [0.4, 0.5) is 9.18 Å². The number of nitrogens with zero attached hydrogens (tertiary/aromatic N) is 2. The standard InChI is InChI=1S/C20H24FN3O3S/c1-20(2,17-12-28-18(22-17)14-3-5-15(21)6-4-14)23-19(25)27-16-11-24(26)9-7-13(16)8-10-24/h3-6,12-13,16H,7-11H2,1-2H3,(H,23,25)/t13?,16-,24?/m1/s1. The second kappa shape index (κ2) is 7.09. The van der Waals surface area contributed by atoms with E-state index in [-0.39, 0.29) is 22.5 Å². The normalized spacial score (nSPS) is 26.9. The van der Waals surface area contributed by atoms with Crippen molar-refractivity contribution in [3.05, 3.63) is 46.4 Å². The van der Waals surface area contributed by atoms with Gasteiger partial charge in [0.05, 0.1) is 24.3 Å². The van der Waals surface area contributed by atoms with Gasteiger partial charge in [-0.05, 0) is 38.1 Å². The summed E-state index contributed by atoms with van der Waals surface area (Å²) in [6.45, 7) is 5.32. The van der Waals surface area contributed by atoms with Crippen LogP contribution in [0.15, 0.2) is 29.6 Å². The highest BCUT2D eigenvalue weighted by Gasteiger charge is 2.43. The number of hydrogen-bond acceptors (Lipinski definition) is 5. The van der Waals surface area contributed by atoms with E-state index in [0.717, 1.165) is 23.4 Å². The Morgan fingerprint density at radius 2 is 2.00 bits per heavy atom. The first-order valence-corrected chi connectivity index (χ1v) is 10.4. The lowest BCUT2D eigenvalue weighted by Gasteiger charge is -2.54. The van der Waals surface area contributed by atoms with Crippen LogP contribution in [0, 0.1) is 16.9 Å². The van der Waals surface area contributed by atoms with E-state index in [0.29, 0.717) is 25.3 Å². The average Bonchev–Trinajstić information content (AvgIpc) is 3.13. The van der Waals surface area contributed by atoms with E-state index in [1.165, 1.54) is 23.5 Å². The summed E-state index contributed by atoms with van der Waals surface area (Å²) in [7, 11) is 0. The zero-order valence-electron chi connectivity index (χ0n) is 16.0. The maximum atomic E-state index is 13.1. The Morgan fingerprint density at radius 1 is 1.32 bits per heavy atom. The van der Waals surface area contributed by atoms with Crippen molar-refractivity contribution < 1.29 is 18.6 Å². The number of halogens is 1. The number of fused-ring (bicyclic) bond motifs is 3. The third-order valence-electron chi connectivity index (χ3n) is 5.76. The molecule has 0 unspecified atom stereocenters. The fraction of sp³-hybridized carbons (Fsp3) is 0.500. The summed E-state index contributed by atoms with van der Waals surface area (Å²) in [6.07, 6.45) is 0.795. The van der Waals surface area contributed by atoms with E-state index < -0.39 is 11.6 Å². The number of ether oxygens (including phenoxy) is 1. The molecule has 1 atom stereocenters. The first-order chi connectivity index (χ1) is 13.2. The molecule has 6 nitrogen and oxygen atoms in total. The summed E-state index contributed by atoms with van der Waals surface area (Å²) in [5, 5.41) is 18.0. The Morgan fingerprint density at radius 3 is 2.64 bits per heavy atom. The van der Waals surface area contributed by atoms with E-state index in [1.54, 1.807) is 12.1 Å². The molecule has 0 radical (unpaired) electrons. The third kappa shape index (κ3) is 3.90. The molecule has 0 saturated carbocycles. The molecule has 1 N–H and O–H groups in total. The van der Waals surface area contributed by atoms with Crippen LogP contribution in [-0.4, -0.2) is 41.5 Å². The molecule has 1 aromatic carbocycles. The summed E-state index contributed by atoms with van der Waals surface area (Å²) in [5.74, 6) is -0.00710. The topological polar surface area (TPSA) is 74.3 Å². The van der Waals surface area contributed by atoms with Crippen LogP contribution in [0.25, 0.3) is 10.6 Å². The molecule has 2 bridgehead atoms. The van der Waals surface area contributed by atoms with Crippen molar-refractivity contribution in [3.63, 3.8) is 0 Å². The quantitative estimate of drug-likeness (QED) is 0.616. The summed E-state index contributed by atoms with van der Waals surface area (Å²) in [4.78, 5) is 17.1. The van der Waals surface area contributed by atoms with Crippen LogP contribution < -0.4 is 5.32 Å². The highest BCUT2D eigenvalue weighted by atomic mass is 32.1. The molecule has 3 aliphatic heterocycles. The molecule has 1 amide bonds. The molecule has 5 rings (SSSR count). The second-order valence-electron chi connectivity index (χ2n) is 8.26. The summed E-state index contributed by atoms with van der Waals surface area (Å²) in [6, 6.07) is 6.16. The fourth-order valence-electron chi connectivity index (χ4n) is 4.00. The van der Waals surface area contributed by atoms with E-state index in [1.807, 2.05) is 19.2 Å². The molecule has 1 aromatic heterocycles. The molecule has 8 heteroatoms. The van der Waals surface area contributed by atoms with Gasteiger partial charge in [-0.1, -0.05) is 0 Å². The van der Waals surface area contributed by atoms with Crippen LogP contribution in [0.2, 0.25) is 0 Å². The van der Waals surface area contributed by atoms with Crippen molar-refractivity contribution in [1.82, 2.24) is 10.3 Å². The predicted octanol–water partition coefficient (Wildman–Crippen LogP) is 4.02. The minimum atomic E-state index is -0.733. The molecule has 2 aromatic rings. The van der Waals surface area contributed by atoms with Crippen molar-refractivity contribution in [3.8, 4) is 10.6 Å². The fourth-order valence-corrected chi connectivity index (χ4v) is 4.99. The maximum Gasteiger partial charge on any atom is 0.408 e. The van der Waals surface area contributed by atoms with Gasteiger partial charge in [-0.3, -0.25) is 0 Å². The number of hydroxylamine groups is 3. The Labute approximate surface area is 167 Å². The SMILES string of the molecule is CC(C)(NC(=O)O[C@@H]1C[N+]2([O-])CCC1CC2)c1csc(-c2ccc(F)cc2)n1. The van der Waals surface area contributed by atoms with Gasteiger partial charge in [0.1, 0.15) is 17.4 Å². The summed E-state index contributed by atoms with van der Waals surface area (Å²) >= 11 is 1.44. The number of carbonyl (C=O) groups excluding carboxylic acids is 1. The molecule has 4 heterocycles. The van der Waals surface area contributed by atoms with Gasteiger partial charge >= 0.3 is 6.09 Å². The van der Waals surface area contributed by atoms with Crippen molar-refractivity contribution in [2.45, 2.75) is 38.3 Å². The van der Waals surface area contributed by atoms with E-state index in [9.17, 15) is 14.4 Å². The number of alkyl carbamates (subject to hydrolysis) is 1. The molecule has 3 fully saturated rings. The van der Waals surface area contributed by atoms with Crippen LogP contribution in [0.5, 0.6) is 0 Å². The van der Waals surface area contributed by atoms with Crippen molar-refractivity contribution in [1.29, 1.82) is 0 Å². The van der Waals surface area contributed by atoms with Gasteiger partial charge < -0.3 is 19.9 Å². The molecular weight excluding hydrogens is 381 g/mol. The molecular formula is C20H24FN3O3S. The third-order valence-corrected chi connectivity index (χ3v) is 6.65. The number of quaternary nitrogens is 1. The van der Waals surface area contributed by atoms with Crippen LogP contribution in [0.3, 0.4) is 0 Å². The minimum absolute atomic E-state index is 0.245. The number of piperidine rings is 3. The summed E-state index contributed by atoms with van der Waals surface area (Å²) in [5.41, 5.74) is 0.798. The Hall–Kier alpha value is -2.03. The van der Waals surface area contributed by atoms with Gasteiger partial charge in [0.2, 0.25) is 0 Å². The highest BCUT2D eigenvalue weighted by Crippen LogP contribution is 2.35. The largest absolute Gasteiger partial charge is 0.633 e. The first kappa shape index (κ1) is 19.3. The molecule has 3 aliphatic rings. The number of aromatic nitrogens is 1. The number of amides is 1. The number of hydrogen-bond donors (Lipinski definition) is 1. The molecule has 0 aliphatic carbocycles. The van der Waals surface area contributed by atoms with Gasteiger partial charge in [-0.25, -0.2) is 14.2 Å². The molecule has 28 heavy (non-hydrogen) atoms. The van der Waals surface area contributed by atoms with Gasteiger partial charge in [0.25, 0.3) is 0 Å². The number of nitrogens with one attached hydrogen (secondary N) is 1. The minimum Gasteiger partial charge on any atom is -0.633 e. The Bertz CT molecular complexity index is 860. The number of rotatable bonds is 4. The Kier molecular flexibility index (Phi) is 4.89. The van der Waals surface area contributed by atoms with Gasteiger partial charge in [0, 0.05) is 29.7 Å². The van der Waals surface area contributed by atoms with Crippen LogP contribution in [-0.2, 0) is 10.3 Å². The van der Waals surface area contributed by atoms with Crippen LogP contribution in [0.1, 0.15) is 32.4 Å². The lowest BCUT2D eigenvalue weighted by atomic mass is 9.85. The van der Waals surface area contributed by atoms with Crippen molar-refractivity contribution >= 4 is 17.4 Å². The van der Waals surface area contributed by atoms with Gasteiger partial charge in [0.15, 0.2) is 6.10 Å². The lowest BCUT2D eigenvalue weighted by molar-refractivity contribution is -0.900. The van der Waals surface area contributed by atoms with Crippen molar-refractivity contribution in [2.24, 2.45) is 5.92 Å². The van der Waals surface area contributed by atoms with E-state index in [2.05, 4.69) is 10.3 Å². The molecule has 3 saturated heterocycles. The smallest absolute Gasteiger partial charge is 0.408 e. The van der Waals surface area contributed by atoms with E-state index in [4.69, 9.17) is 4.74 Å². The zero-order chi connectivity index (χ0) is 19.9. The second-order valence-corrected chi connectivity index (χ2v) is 9.12. The molecule has 0 spiro atoms. The average molecular weight is 405 g/mol. The van der Waals surface area contributed by atoms with Crippen LogP contribution >= 0.6 is 11.3 Å². The van der Waals surface area contributed by atoms with Gasteiger partial charge in [-0.2, -0.15) is 0 Å². The van der Waals surface area contributed by atoms with Gasteiger partial charge in [-0.15, -0.1) is 11.3 Å². The Balaban J connectivity index is 1.41. The monoisotopic (exact) mass is 405 g/mol. The number of benzene rings is 1. The maximum absolute atomic E-state index is 13.1. The predicted molar refractivity (Wildman–Crippen MR) is 105 cm³/mol. The number of thiazole rings is 1. The van der Waals surface area contributed by atoms with E-state index >= 15 is 0 Å². The molecule has 150 valence electrons. The number of carbonyl (C=O) groups is 1. The lowest BCUT2D eigenvalue weighted by Crippen LogP contribution is -2.61. The zero-order valence-corrected chi connectivity index (χ0v) is 16.8.